The monoisotopic (exact) mass is 1150 g/mol. The number of hydrogen-bond donors (Lipinski definition) is 3. The highest BCUT2D eigenvalue weighted by Gasteiger charge is 2.18. The Morgan fingerprint density at radius 3 is 0.976 bits per heavy atom. The first kappa shape index (κ1) is 80.1. The molecule has 2 unspecified atom stereocenters. The van der Waals surface area contributed by atoms with Crippen molar-refractivity contribution in [2.24, 2.45) is 0 Å². The Hall–Kier alpha value is -1.92. The maximum absolute atomic E-state index is 12.5. The number of nitrogens with one attached hydrogen (secondary N) is 1. The van der Waals surface area contributed by atoms with Gasteiger partial charge in [0, 0.05) is 12.8 Å². The van der Waals surface area contributed by atoms with Crippen molar-refractivity contribution in [2.45, 2.75) is 424 Å². The van der Waals surface area contributed by atoms with Crippen molar-refractivity contribution in [1.29, 1.82) is 0 Å². The highest BCUT2D eigenvalue weighted by atomic mass is 16.5. The number of aliphatic hydroxyl groups is 2. The summed E-state index contributed by atoms with van der Waals surface area (Å²) in [5.74, 6) is -0.0517. The second kappa shape index (κ2) is 71.6. The minimum absolute atomic E-state index is 0.00803. The number of unbranched alkanes of at least 4 members (excludes halogenated alkanes) is 55. The molecule has 0 aliphatic heterocycles. The molecule has 0 saturated heterocycles. The van der Waals surface area contributed by atoms with Gasteiger partial charge in [0.15, 0.2) is 0 Å². The molecule has 3 N–H and O–H groups in total. The number of allylic oxidation sites excluding steroid dienone is 5. The van der Waals surface area contributed by atoms with E-state index in [0.29, 0.717) is 19.4 Å². The lowest BCUT2D eigenvalue weighted by molar-refractivity contribution is -0.143. The number of amides is 1. The van der Waals surface area contributed by atoms with Crippen molar-refractivity contribution >= 4 is 11.9 Å². The third-order valence-electron chi connectivity index (χ3n) is 17.4. The molecule has 0 rings (SSSR count). The molecule has 0 aromatic heterocycles. The molecule has 0 radical (unpaired) electrons. The second-order valence-corrected chi connectivity index (χ2v) is 25.6. The van der Waals surface area contributed by atoms with Crippen LogP contribution >= 0.6 is 0 Å². The van der Waals surface area contributed by atoms with Crippen molar-refractivity contribution in [3.63, 3.8) is 0 Å². The number of hydrogen-bond acceptors (Lipinski definition) is 5. The molecule has 6 heteroatoms. The Balaban J connectivity index is 3.31. The van der Waals surface area contributed by atoms with Crippen LogP contribution in [0.4, 0.5) is 0 Å². The molecule has 0 aliphatic carbocycles. The standard InChI is InChI=1S/C76H145NO5/c1-3-5-7-9-11-13-15-17-41-45-48-52-56-60-64-68-74(79)73(72-78)77-75(80)69-65-61-57-53-49-46-42-39-37-35-33-31-29-27-25-23-21-19-18-20-22-24-26-28-30-32-34-36-38-40-43-47-51-55-59-63-67-71-82-76(81)70-66-62-58-54-50-44-16-14-12-10-8-6-4-2/h8,10,14,16,64,68,73-74,78-79H,3-7,9,11-13,15,17-63,65-67,69-72H2,1-2H3,(H,77,80)/b10-8-,16-14-,68-64+. The van der Waals surface area contributed by atoms with Crippen LogP contribution in [-0.4, -0.2) is 47.4 Å². The Morgan fingerprint density at radius 2 is 0.634 bits per heavy atom. The summed E-state index contributed by atoms with van der Waals surface area (Å²) >= 11 is 0. The van der Waals surface area contributed by atoms with E-state index in [2.05, 4.69) is 43.5 Å². The first-order chi connectivity index (χ1) is 40.5. The summed E-state index contributed by atoms with van der Waals surface area (Å²) in [5, 5.41) is 23.2. The van der Waals surface area contributed by atoms with Crippen LogP contribution in [-0.2, 0) is 14.3 Å². The van der Waals surface area contributed by atoms with E-state index in [0.717, 1.165) is 51.4 Å². The molecule has 484 valence electrons. The summed E-state index contributed by atoms with van der Waals surface area (Å²) in [6.45, 7) is 4.87. The smallest absolute Gasteiger partial charge is 0.305 e. The van der Waals surface area contributed by atoms with E-state index in [1.54, 1.807) is 6.08 Å². The fourth-order valence-electron chi connectivity index (χ4n) is 11.7. The lowest BCUT2D eigenvalue weighted by Crippen LogP contribution is -2.45. The van der Waals surface area contributed by atoms with Crippen molar-refractivity contribution in [1.82, 2.24) is 5.32 Å². The van der Waals surface area contributed by atoms with Gasteiger partial charge in [-0.05, 0) is 57.8 Å². The van der Waals surface area contributed by atoms with E-state index in [1.165, 1.54) is 334 Å². The minimum atomic E-state index is -0.840. The topological polar surface area (TPSA) is 95.9 Å². The summed E-state index contributed by atoms with van der Waals surface area (Å²) < 4.78 is 5.48. The number of carbonyl (C=O) groups is 2. The van der Waals surface area contributed by atoms with Crippen LogP contribution in [0.3, 0.4) is 0 Å². The zero-order chi connectivity index (χ0) is 59.2. The van der Waals surface area contributed by atoms with Gasteiger partial charge in [0.05, 0.1) is 25.4 Å². The summed E-state index contributed by atoms with van der Waals surface area (Å²) in [4.78, 5) is 24.5. The Kier molecular flexibility index (Phi) is 69.9. The third-order valence-corrected chi connectivity index (χ3v) is 17.4. The van der Waals surface area contributed by atoms with Crippen LogP contribution in [0.2, 0.25) is 0 Å². The van der Waals surface area contributed by atoms with Gasteiger partial charge in [-0.15, -0.1) is 0 Å². The van der Waals surface area contributed by atoms with Gasteiger partial charge >= 0.3 is 5.97 Å². The molecular formula is C76H145NO5. The molecule has 2 atom stereocenters. The van der Waals surface area contributed by atoms with Crippen LogP contribution in [0.15, 0.2) is 36.5 Å². The maximum atomic E-state index is 12.5. The molecule has 0 aromatic carbocycles. The summed E-state index contributed by atoms with van der Waals surface area (Å²) in [5.41, 5.74) is 0. The Morgan fingerprint density at radius 1 is 0.341 bits per heavy atom. The first-order valence-electron chi connectivity index (χ1n) is 37.3. The van der Waals surface area contributed by atoms with Crippen molar-refractivity contribution in [3.05, 3.63) is 36.5 Å². The number of esters is 1. The number of ether oxygens (including phenoxy) is 1. The van der Waals surface area contributed by atoms with Crippen LogP contribution in [0.25, 0.3) is 0 Å². The van der Waals surface area contributed by atoms with E-state index in [1.807, 2.05) is 6.08 Å². The highest BCUT2D eigenvalue weighted by Crippen LogP contribution is 2.19. The fraction of sp³-hybridized carbons (Fsp3) is 0.895. The second-order valence-electron chi connectivity index (χ2n) is 25.6. The van der Waals surface area contributed by atoms with Gasteiger partial charge in [0.2, 0.25) is 5.91 Å². The molecule has 0 saturated carbocycles. The van der Waals surface area contributed by atoms with Gasteiger partial charge in [-0.2, -0.15) is 0 Å². The van der Waals surface area contributed by atoms with E-state index in [9.17, 15) is 19.8 Å². The third kappa shape index (κ3) is 67.2. The zero-order valence-electron chi connectivity index (χ0n) is 55.5. The Bertz CT molecular complexity index is 1330. The molecule has 0 bridgehead atoms. The van der Waals surface area contributed by atoms with E-state index < -0.39 is 12.1 Å². The normalized spacial score (nSPS) is 12.7. The van der Waals surface area contributed by atoms with Crippen LogP contribution < -0.4 is 5.32 Å². The van der Waals surface area contributed by atoms with Crippen LogP contribution in [0, 0.1) is 0 Å². The number of carbonyl (C=O) groups excluding carboxylic acids is 2. The largest absolute Gasteiger partial charge is 0.466 e. The molecule has 0 aromatic rings. The molecular weight excluding hydrogens is 1010 g/mol. The fourth-order valence-corrected chi connectivity index (χ4v) is 11.7. The molecule has 1 amide bonds. The average molecular weight is 1150 g/mol. The van der Waals surface area contributed by atoms with Crippen molar-refractivity contribution < 1.29 is 24.5 Å². The van der Waals surface area contributed by atoms with E-state index in [4.69, 9.17) is 4.74 Å². The van der Waals surface area contributed by atoms with Crippen LogP contribution in [0.1, 0.15) is 412 Å². The lowest BCUT2D eigenvalue weighted by atomic mass is 10.0. The molecule has 0 aliphatic rings. The van der Waals surface area contributed by atoms with Gasteiger partial charge in [0.1, 0.15) is 0 Å². The van der Waals surface area contributed by atoms with Gasteiger partial charge in [0.25, 0.3) is 0 Å². The van der Waals surface area contributed by atoms with Gasteiger partial charge in [-0.3, -0.25) is 9.59 Å². The summed E-state index contributed by atoms with van der Waals surface area (Å²) in [6.07, 6.45) is 92.6. The number of aliphatic hydroxyl groups excluding tert-OH is 2. The van der Waals surface area contributed by atoms with Gasteiger partial charge in [-0.25, -0.2) is 0 Å². The Labute approximate surface area is 513 Å². The van der Waals surface area contributed by atoms with Gasteiger partial charge < -0.3 is 20.3 Å². The number of rotatable bonds is 70. The van der Waals surface area contributed by atoms with Gasteiger partial charge in [-0.1, -0.05) is 378 Å². The molecule has 0 spiro atoms. The molecule has 6 nitrogen and oxygen atoms in total. The van der Waals surface area contributed by atoms with Crippen molar-refractivity contribution in [2.75, 3.05) is 13.2 Å². The lowest BCUT2D eigenvalue weighted by Gasteiger charge is -2.20. The zero-order valence-corrected chi connectivity index (χ0v) is 55.5. The van der Waals surface area contributed by atoms with E-state index in [-0.39, 0.29) is 18.5 Å². The SMILES string of the molecule is CCC/C=C\C/C=C\CCCCCCCC(=O)OCCCCCCCCCCCCCCCCCCCCCCCCCCCCCCCCCCCCCCCC(=O)NC(CO)C(O)/C=C/CCCCCCCCCCCCCCC. The van der Waals surface area contributed by atoms with Crippen molar-refractivity contribution in [3.8, 4) is 0 Å². The summed E-state index contributed by atoms with van der Waals surface area (Å²) in [6, 6.07) is -0.623. The minimum Gasteiger partial charge on any atom is -0.466 e. The average Bonchev–Trinajstić information content (AvgIpc) is 3.48. The highest BCUT2D eigenvalue weighted by molar-refractivity contribution is 5.76. The molecule has 0 heterocycles. The van der Waals surface area contributed by atoms with Crippen LogP contribution in [0.5, 0.6) is 0 Å². The molecule has 82 heavy (non-hydrogen) atoms. The predicted octanol–water partition coefficient (Wildman–Crippen LogP) is 24.3. The first-order valence-corrected chi connectivity index (χ1v) is 37.3. The summed E-state index contributed by atoms with van der Waals surface area (Å²) in [7, 11) is 0. The predicted molar refractivity (Wildman–Crippen MR) is 361 cm³/mol. The quantitative estimate of drug-likeness (QED) is 0.0320. The maximum Gasteiger partial charge on any atom is 0.305 e. The molecule has 0 fully saturated rings. The van der Waals surface area contributed by atoms with E-state index >= 15 is 0 Å².